The smallest absolute Gasteiger partial charge is 0.262 e. The topological polar surface area (TPSA) is 55.4 Å². The largest absolute Gasteiger partial charge is 0.484 e. The number of halogens is 3. The van der Waals surface area contributed by atoms with Crippen LogP contribution in [0.2, 0.25) is 0 Å². The Morgan fingerprint density at radius 3 is 1.86 bits per heavy atom. The van der Waals surface area contributed by atoms with Crippen LogP contribution in [0.15, 0.2) is 66.7 Å². The molecule has 0 radical (unpaired) electrons. The van der Waals surface area contributed by atoms with Crippen molar-refractivity contribution in [1.29, 1.82) is 0 Å². The predicted molar refractivity (Wildman–Crippen MR) is 96.8 cm³/mol. The highest BCUT2D eigenvalue weighted by molar-refractivity contribution is 6.09. The maximum absolute atomic E-state index is 13.1. The standard InChI is InChI=1S/C21H14F3NO3/c22-15-5-1-13(2-6-15)21(27)14-3-7-19(8-4-14)28-12-20(26)25-18-10-16(23)9-17(24)11-18/h1-11H,12H2,(H,25,26). The maximum Gasteiger partial charge on any atom is 0.262 e. The molecule has 0 aliphatic carbocycles. The van der Waals surface area contributed by atoms with E-state index in [0.29, 0.717) is 22.9 Å². The summed E-state index contributed by atoms with van der Waals surface area (Å²) in [6.45, 7) is -0.386. The second kappa shape index (κ2) is 8.39. The lowest BCUT2D eigenvalue weighted by atomic mass is 10.0. The second-order valence-corrected chi connectivity index (χ2v) is 5.86. The van der Waals surface area contributed by atoms with Crippen LogP contribution < -0.4 is 10.1 Å². The second-order valence-electron chi connectivity index (χ2n) is 5.86. The van der Waals surface area contributed by atoms with Gasteiger partial charge in [-0.3, -0.25) is 9.59 Å². The first-order valence-corrected chi connectivity index (χ1v) is 8.20. The molecule has 1 amide bonds. The van der Waals surface area contributed by atoms with Crippen LogP contribution in [-0.2, 0) is 4.79 Å². The molecule has 0 heterocycles. The molecular weight excluding hydrogens is 371 g/mol. The Morgan fingerprint density at radius 2 is 1.29 bits per heavy atom. The molecule has 0 spiro atoms. The minimum atomic E-state index is -0.808. The first-order chi connectivity index (χ1) is 13.4. The zero-order valence-electron chi connectivity index (χ0n) is 14.4. The van der Waals surface area contributed by atoms with E-state index in [4.69, 9.17) is 4.74 Å². The molecule has 1 N–H and O–H groups in total. The Labute approximate surface area is 158 Å². The molecule has 0 atom stereocenters. The Hall–Kier alpha value is -3.61. The number of hydrogen-bond donors (Lipinski definition) is 1. The van der Waals surface area contributed by atoms with Gasteiger partial charge in [-0.05, 0) is 60.7 Å². The molecule has 7 heteroatoms. The molecule has 0 aliphatic heterocycles. The fourth-order valence-electron chi connectivity index (χ4n) is 2.44. The van der Waals surface area contributed by atoms with Crippen molar-refractivity contribution in [2.75, 3.05) is 11.9 Å². The molecule has 3 aromatic carbocycles. The number of hydrogen-bond acceptors (Lipinski definition) is 3. The first kappa shape index (κ1) is 19.2. The normalized spacial score (nSPS) is 10.4. The highest BCUT2D eigenvalue weighted by Gasteiger charge is 2.10. The molecule has 0 bridgehead atoms. The molecule has 4 nitrogen and oxygen atoms in total. The lowest BCUT2D eigenvalue weighted by Gasteiger charge is -2.08. The number of anilines is 1. The number of ether oxygens (including phenoxy) is 1. The predicted octanol–water partition coefficient (Wildman–Crippen LogP) is 4.35. The van der Waals surface area contributed by atoms with Gasteiger partial charge in [0.1, 0.15) is 23.2 Å². The summed E-state index contributed by atoms with van der Waals surface area (Å²) in [6, 6.07) is 13.9. The molecule has 28 heavy (non-hydrogen) atoms. The Kier molecular flexibility index (Phi) is 5.74. The van der Waals surface area contributed by atoms with Gasteiger partial charge < -0.3 is 10.1 Å². The van der Waals surface area contributed by atoms with Gasteiger partial charge in [0.15, 0.2) is 12.4 Å². The van der Waals surface area contributed by atoms with E-state index < -0.39 is 23.4 Å². The van der Waals surface area contributed by atoms with Crippen LogP contribution in [0.4, 0.5) is 18.9 Å². The minimum absolute atomic E-state index is 0.0219. The maximum atomic E-state index is 13.1. The lowest BCUT2D eigenvalue weighted by molar-refractivity contribution is -0.118. The van der Waals surface area contributed by atoms with Crippen LogP contribution in [0.3, 0.4) is 0 Å². The highest BCUT2D eigenvalue weighted by Crippen LogP contribution is 2.17. The average molecular weight is 385 g/mol. The summed E-state index contributed by atoms with van der Waals surface area (Å²) in [6.07, 6.45) is 0. The number of nitrogens with one attached hydrogen (secondary N) is 1. The summed E-state index contributed by atoms with van der Waals surface area (Å²) in [4.78, 5) is 24.1. The molecule has 3 aromatic rings. The molecule has 0 aliphatic rings. The van der Waals surface area contributed by atoms with Crippen molar-refractivity contribution in [3.8, 4) is 5.75 Å². The zero-order valence-corrected chi connectivity index (χ0v) is 14.4. The minimum Gasteiger partial charge on any atom is -0.484 e. The fourth-order valence-corrected chi connectivity index (χ4v) is 2.44. The Balaban J connectivity index is 1.57. The summed E-state index contributed by atoms with van der Waals surface area (Å²) in [5, 5.41) is 2.32. The fraction of sp³-hybridized carbons (Fsp3) is 0.0476. The van der Waals surface area contributed by atoms with Crippen molar-refractivity contribution in [2.24, 2.45) is 0 Å². The van der Waals surface area contributed by atoms with Crippen molar-refractivity contribution in [3.05, 3.63) is 95.3 Å². The van der Waals surface area contributed by atoms with Gasteiger partial charge in [-0.15, -0.1) is 0 Å². The third-order valence-electron chi connectivity index (χ3n) is 3.74. The van der Waals surface area contributed by atoms with E-state index in [2.05, 4.69) is 5.32 Å². The molecule has 0 unspecified atom stereocenters. The molecule has 0 saturated carbocycles. The van der Waals surface area contributed by atoms with Crippen molar-refractivity contribution < 1.29 is 27.5 Å². The number of ketones is 1. The zero-order chi connectivity index (χ0) is 20.1. The van der Waals surface area contributed by atoms with Crippen LogP contribution in [0.5, 0.6) is 5.75 Å². The summed E-state index contributed by atoms with van der Waals surface area (Å²) in [7, 11) is 0. The monoisotopic (exact) mass is 385 g/mol. The molecule has 3 rings (SSSR count). The van der Waals surface area contributed by atoms with E-state index in [-0.39, 0.29) is 18.1 Å². The summed E-state index contributed by atoms with van der Waals surface area (Å²) >= 11 is 0. The van der Waals surface area contributed by atoms with E-state index in [1.54, 1.807) is 0 Å². The van der Waals surface area contributed by atoms with Gasteiger partial charge in [0, 0.05) is 22.9 Å². The van der Waals surface area contributed by atoms with Crippen molar-refractivity contribution in [1.82, 2.24) is 0 Å². The van der Waals surface area contributed by atoms with Gasteiger partial charge >= 0.3 is 0 Å². The van der Waals surface area contributed by atoms with Crippen molar-refractivity contribution in [3.63, 3.8) is 0 Å². The van der Waals surface area contributed by atoms with Crippen LogP contribution >= 0.6 is 0 Å². The van der Waals surface area contributed by atoms with E-state index in [9.17, 15) is 22.8 Å². The summed E-state index contributed by atoms with van der Waals surface area (Å²) < 4.78 is 44.4. The van der Waals surface area contributed by atoms with Gasteiger partial charge in [-0.25, -0.2) is 13.2 Å². The lowest BCUT2D eigenvalue weighted by Crippen LogP contribution is -2.20. The van der Waals surface area contributed by atoms with Gasteiger partial charge in [-0.2, -0.15) is 0 Å². The number of amides is 1. The third-order valence-corrected chi connectivity index (χ3v) is 3.74. The van der Waals surface area contributed by atoms with E-state index in [1.165, 1.54) is 48.5 Å². The molecular formula is C21H14F3NO3. The van der Waals surface area contributed by atoms with Crippen LogP contribution in [0, 0.1) is 17.5 Å². The Bertz CT molecular complexity index is 982. The number of carbonyl (C=O) groups is 2. The molecule has 142 valence electrons. The van der Waals surface area contributed by atoms with E-state index in [1.807, 2.05) is 0 Å². The average Bonchev–Trinajstić information content (AvgIpc) is 2.66. The highest BCUT2D eigenvalue weighted by atomic mass is 19.1. The SMILES string of the molecule is O=C(COc1ccc(C(=O)c2ccc(F)cc2)cc1)Nc1cc(F)cc(F)c1. The molecule has 0 aromatic heterocycles. The van der Waals surface area contributed by atoms with E-state index in [0.717, 1.165) is 12.1 Å². The third kappa shape index (κ3) is 4.97. The molecule has 0 saturated heterocycles. The quantitative estimate of drug-likeness (QED) is 0.642. The van der Waals surface area contributed by atoms with Crippen LogP contribution in [0.1, 0.15) is 15.9 Å². The van der Waals surface area contributed by atoms with Crippen LogP contribution in [0.25, 0.3) is 0 Å². The summed E-state index contributed by atoms with van der Waals surface area (Å²) in [5.74, 6) is -2.60. The number of rotatable bonds is 6. The summed E-state index contributed by atoms with van der Waals surface area (Å²) in [5.41, 5.74) is 0.696. The molecule has 0 fully saturated rings. The van der Waals surface area contributed by atoms with Gasteiger partial charge in [-0.1, -0.05) is 0 Å². The van der Waals surface area contributed by atoms with Crippen molar-refractivity contribution in [2.45, 2.75) is 0 Å². The number of carbonyl (C=O) groups excluding carboxylic acids is 2. The van der Waals surface area contributed by atoms with Crippen molar-refractivity contribution >= 4 is 17.4 Å². The van der Waals surface area contributed by atoms with Gasteiger partial charge in [0.25, 0.3) is 5.91 Å². The van der Waals surface area contributed by atoms with Gasteiger partial charge in [0.05, 0.1) is 0 Å². The van der Waals surface area contributed by atoms with E-state index >= 15 is 0 Å². The van der Waals surface area contributed by atoms with Gasteiger partial charge in [0.2, 0.25) is 0 Å². The first-order valence-electron chi connectivity index (χ1n) is 8.20. The number of benzene rings is 3. The Morgan fingerprint density at radius 1 is 0.750 bits per heavy atom. The van der Waals surface area contributed by atoms with Crippen LogP contribution in [-0.4, -0.2) is 18.3 Å².